The first kappa shape index (κ1) is 16.1. The second kappa shape index (κ2) is 6.36. The van der Waals surface area contributed by atoms with Gasteiger partial charge in [-0.2, -0.15) is 0 Å². The van der Waals surface area contributed by atoms with Gasteiger partial charge in [0.05, 0.1) is 5.52 Å². The second-order valence-corrected chi connectivity index (χ2v) is 7.32. The van der Waals surface area contributed by atoms with Gasteiger partial charge in [-0.3, -0.25) is 9.47 Å². The van der Waals surface area contributed by atoms with Crippen molar-refractivity contribution in [1.82, 2.24) is 9.58 Å². The summed E-state index contributed by atoms with van der Waals surface area (Å²) in [4.78, 5) is 14.8. The van der Waals surface area contributed by atoms with Gasteiger partial charge in [-0.1, -0.05) is 13.8 Å². The minimum absolute atomic E-state index is 0.223. The number of nitrogens with zero attached hydrogens (tertiary/aromatic N) is 2. The van der Waals surface area contributed by atoms with Crippen LogP contribution in [0.25, 0.3) is 10.9 Å². The van der Waals surface area contributed by atoms with Crippen LogP contribution < -0.4 is 5.84 Å². The van der Waals surface area contributed by atoms with Crippen LogP contribution in [-0.2, 0) is 0 Å². The Hall–Kier alpha value is -1.81. The van der Waals surface area contributed by atoms with Gasteiger partial charge in [0.15, 0.2) is 5.78 Å². The highest BCUT2D eigenvalue weighted by Gasteiger charge is 2.22. The topological polar surface area (TPSA) is 51.3 Å². The smallest absolute Gasteiger partial charge is 0.163 e. The quantitative estimate of drug-likeness (QED) is 0.695. The molecule has 4 nitrogen and oxygen atoms in total. The van der Waals surface area contributed by atoms with E-state index in [4.69, 9.17) is 5.84 Å². The Balaban J connectivity index is 1.96. The fourth-order valence-corrected chi connectivity index (χ4v) is 3.59. The van der Waals surface area contributed by atoms with E-state index in [1.165, 1.54) is 5.56 Å². The van der Waals surface area contributed by atoms with Gasteiger partial charge in [0.2, 0.25) is 0 Å². The molecule has 0 atom stereocenters. The van der Waals surface area contributed by atoms with E-state index in [-0.39, 0.29) is 5.78 Å². The lowest BCUT2D eigenvalue weighted by atomic mass is 9.88. The predicted molar refractivity (Wildman–Crippen MR) is 95.3 cm³/mol. The molecule has 1 aliphatic rings. The van der Waals surface area contributed by atoms with E-state index in [2.05, 4.69) is 38.1 Å². The third-order valence-electron chi connectivity index (χ3n) is 4.94. The number of fused-ring (bicyclic) bond motifs is 1. The normalized spacial score (nSPS) is 17.2. The van der Waals surface area contributed by atoms with Crippen LogP contribution in [0.2, 0.25) is 0 Å². The van der Waals surface area contributed by atoms with Crippen LogP contribution in [0.5, 0.6) is 0 Å². The van der Waals surface area contributed by atoms with E-state index >= 15 is 0 Å². The maximum Gasteiger partial charge on any atom is 0.163 e. The molecular weight excluding hydrogens is 286 g/mol. The number of carbonyl (C=O) groups excluding carboxylic acids is 1. The number of piperidine rings is 1. The maximum atomic E-state index is 12.4. The molecule has 0 radical (unpaired) electrons. The van der Waals surface area contributed by atoms with Crippen LogP contribution >= 0.6 is 0 Å². The van der Waals surface area contributed by atoms with Gasteiger partial charge in [0, 0.05) is 23.6 Å². The Kier molecular flexibility index (Phi) is 4.44. The first-order valence-electron chi connectivity index (χ1n) is 8.57. The van der Waals surface area contributed by atoms with E-state index in [1.807, 2.05) is 12.1 Å². The molecule has 4 heteroatoms. The average Bonchev–Trinajstić information content (AvgIpc) is 2.84. The standard InChI is InChI=1S/C19H27N3O/c1-13(2)10-19(23)15-4-5-18-16(11-15)17(12-22(18)20)14-6-8-21(3)9-7-14/h4-5,11-14H,6-10,20H2,1-3H3. The third kappa shape index (κ3) is 3.27. The number of carbonyl (C=O) groups is 1. The second-order valence-electron chi connectivity index (χ2n) is 7.32. The molecule has 2 heterocycles. The molecule has 0 saturated carbocycles. The zero-order chi connectivity index (χ0) is 16.6. The van der Waals surface area contributed by atoms with Gasteiger partial charge in [-0.15, -0.1) is 0 Å². The summed E-state index contributed by atoms with van der Waals surface area (Å²) in [7, 11) is 2.17. The number of nitrogens with two attached hydrogens (primary N) is 1. The van der Waals surface area contributed by atoms with E-state index in [0.717, 1.165) is 42.4 Å². The van der Waals surface area contributed by atoms with E-state index in [9.17, 15) is 4.79 Å². The van der Waals surface area contributed by atoms with Crippen LogP contribution in [-0.4, -0.2) is 35.5 Å². The third-order valence-corrected chi connectivity index (χ3v) is 4.94. The van der Waals surface area contributed by atoms with Gasteiger partial charge in [0.1, 0.15) is 0 Å². The molecule has 23 heavy (non-hydrogen) atoms. The van der Waals surface area contributed by atoms with E-state index < -0.39 is 0 Å². The summed E-state index contributed by atoms with van der Waals surface area (Å²) in [5.74, 6) is 7.28. The lowest BCUT2D eigenvalue weighted by Gasteiger charge is -2.28. The Labute approximate surface area is 138 Å². The van der Waals surface area contributed by atoms with Crippen molar-refractivity contribution in [3.8, 4) is 0 Å². The number of nitrogen functional groups attached to an aromatic ring is 1. The largest absolute Gasteiger partial charge is 0.339 e. The minimum atomic E-state index is 0.223. The van der Waals surface area contributed by atoms with Gasteiger partial charge >= 0.3 is 0 Å². The summed E-state index contributed by atoms with van der Waals surface area (Å²) < 4.78 is 1.71. The van der Waals surface area contributed by atoms with Crippen LogP contribution in [0.4, 0.5) is 0 Å². The molecule has 0 spiro atoms. The lowest BCUT2D eigenvalue weighted by Crippen LogP contribution is -2.29. The SMILES string of the molecule is CC(C)CC(=O)c1ccc2c(c1)c(C1CCN(C)CC1)cn2N. The van der Waals surface area contributed by atoms with Crippen LogP contribution in [0.15, 0.2) is 24.4 Å². The van der Waals surface area contributed by atoms with Crippen molar-refractivity contribution in [2.24, 2.45) is 5.92 Å². The Morgan fingerprint density at radius 2 is 2.00 bits per heavy atom. The van der Waals surface area contributed by atoms with E-state index in [0.29, 0.717) is 18.3 Å². The number of benzene rings is 1. The summed E-state index contributed by atoms with van der Waals surface area (Å²) in [5.41, 5.74) is 3.13. The molecule has 3 rings (SSSR count). The number of Topliss-reactive ketones (excluding diaryl/α,β-unsaturated/α-hetero) is 1. The molecule has 1 aliphatic heterocycles. The molecule has 0 bridgehead atoms. The van der Waals surface area contributed by atoms with Crippen LogP contribution in [0, 0.1) is 5.92 Å². The highest BCUT2D eigenvalue weighted by Crippen LogP contribution is 2.34. The molecule has 124 valence electrons. The number of rotatable bonds is 4. The fraction of sp³-hybridized carbons (Fsp3) is 0.526. The number of hydrogen-bond donors (Lipinski definition) is 1. The van der Waals surface area contributed by atoms with Crippen LogP contribution in [0.3, 0.4) is 0 Å². The maximum absolute atomic E-state index is 12.4. The van der Waals surface area contributed by atoms with Crippen LogP contribution in [0.1, 0.15) is 54.9 Å². The molecule has 1 saturated heterocycles. The molecule has 0 amide bonds. The minimum Gasteiger partial charge on any atom is -0.339 e. The summed E-state index contributed by atoms with van der Waals surface area (Å²) in [5, 5.41) is 1.15. The summed E-state index contributed by atoms with van der Waals surface area (Å²) in [6, 6.07) is 5.95. The number of hydrogen-bond acceptors (Lipinski definition) is 3. The highest BCUT2D eigenvalue weighted by molar-refractivity contribution is 6.00. The first-order valence-corrected chi connectivity index (χ1v) is 8.57. The highest BCUT2D eigenvalue weighted by atomic mass is 16.1. The molecule has 2 N–H and O–H groups in total. The fourth-order valence-electron chi connectivity index (χ4n) is 3.59. The van der Waals surface area contributed by atoms with Crippen molar-refractivity contribution < 1.29 is 4.79 Å². The molecule has 1 aromatic heterocycles. The predicted octanol–water partition coefficient (Wildman–Crippen LogP) is 3.39. The summed E-state index contributed by atoms with van der Waals surface area (Å²) >= 11 is 0. The van der Waals surface area contributed by atoms with Gasteiger partial charge in [-0.25, -0.2) is 0 Å². The summed E-state index contributed by atoms with van der Waals surface area (Å²) in [6.07, 6.45) is 4.95. The van der Waals surface area contributed by atoms with Crippen molar-refractivity contribution in [2.45, 2.75) is 39.0 Å². The Bertz CT molecular complexity index is 709. The molecule has 1 aromatic carbocycles. The van der Waals surface area contributed by atoms with Gasteiger partial charge in [-0.05, 0) is 68.6 Å². The number of ketones is 1. The zero-order valence-electron chi connectivity index (χ0n) is 14.4. The summed E-state index contributed by atoms with van der Waals surface area (Å²) in [6.45, 7) is 6.40. The number of likely N-dealkylation sites (tertiary alicyclic amines) is 1. The van der Waals surface area contributed by atoms with Gasteiger partial charge < -0.3 is 10.7 Å². The lowest BCUT2D eigenvalue weighted by molar-refractivity contribution is 0.0968. The van der Waals surface area contributed by atoms with Crippen molar-refractivity contribution in [3.05, 3.63) is 35.5 Å². The van der Waals surface area contributed by atoms with Crippen molar-refractivity contribution in [1.29, 1.82) is 0 Å². The Morgan fingerprint density at radius 1 is 1.30 bits per heavy atom. The first-order chi connectivity index (χ1) is 11.0. The van der Waals surface area contributed by atoms with Crippen molar-refractivity contribution in [2.75, 3.05) is 26.0 Å². The molecule has 0 unspecified atom stereocenters. The molecular formula is C19H27N3O. The molecule has 2 aromatic rings. The molecule has 0 aliphatic carbocycles. The monoisotopic (exact) mass is 313 g/mol. The van der Waals surface area contributed by atoms with Crippen molar-refractivity contribution >= 4 is 16.7 Å². The number of aromatic nitrogens is 1. The van der Waals surface area contributed by atoms with Gasteiger partial charge in [0.25, 0.3) is 0 Å². The van der Waals surface area contributed by atoms with Crippen molar-refractivity contribution in [3.63, 3.8) is 0 Å². The molecule has 1 fully saturated rings. The zero-order valence-corrected chi connectivity index (χ0v) is 14.4. The van der Waals surface area contributed by atoms with E-state index in [1.54, 1.807) is 4.68 Å². The Morgan fingerprint density at radius 3 is 2.65 bits per heavy atom. The average molecular weight is 313 g/mol.